The van der Waals surface area contributed by atoms with E-state index in [1.165, 1.54) is 0 Å². The van der Waals surface area contributed by atoms with Crippen molar-refractivity contribution in [2.45, 2.75) is 26.4 Å². The van der Waals surface area contributed by atoms with Crippen LogP contribution in [0.25, 0.3) is 0 Å². The van der Waals surface area contributed by atoms with E-state index in [1.807, 2.05) is 62.4 Å². The maximum absolute atomic E-state index is 11.6. The smallest absolute Gasteiger partial charge is 0.319 e. The average molecular weight is 313 g/mol. The number of rotatable bonds is 6. The average Bonchev–Trinajstić information content (AvgIpc) is 2.53. The molecule has 5 heteroatoms. The van der Waals surface area contributed by atoms with Gasteiger partial charge in [0.25, 0.3) is 0 Å². The summed E-state index contributed by atoms with van der Waals surface area (Å²) in [5.74, 6) is 0.864. The van der Waals surface area contributed by atoms with Crippen molar-refractivity contribution in [3.8, 4) is 5.75 Å². The summed E-state index contributed by atoms with van der Waals surface area (Å²) in [5.41, 5.74) is 2.82. The van der Waals surface area contributed by atoms with Gasteiger partial charge in [0.2, 0.25) is 0 Å². The lowest BCUT2D eigenvalue weighted by molar-refractivity contribution is 0.250. The Morgan fingerprint density at radius 2 is 1.70 bits per heavy atom. The second kappa shape index (κ2) is 8.08. The van der Waals surface area contributed by atoms with Crippen LogP contribution in [0.3, 0.4) is 0 Å². The summed E-state index contributed by atoms with van der Waals surface area (Å²) in [4.78, 5) is 11.6. The van der Waals surface area contributed by atoms with Crippen molar-refractivity contribution < 1.29 is 9.53 Å². The minimum absolute atomic E-state index is 0.108. The van der Waals surface area contributed by atoms with Crippen molar-refractivity contribution in [3.63, 3.8) is 0 Å². The Labute approximate surface area is 137 Å². The first-order valence-electron chi connectivity index (χ1n) is 7.62. The Morgan fingerprint density at radius 1 is 1.04 bits per heavy atom. The highest BCUT2D eigenvalue weighted by Crippen LogP contribution is 2.20. The topological polar surface area (TPSA) is 62.4 Å². The van der Waals surface area contributed by atoms with E-state index >= 15 is 0 Å². The highest BCUT2D eigenvalue weighted by Gasteiger charge is 2.04. The molecule has 2 rings (SSSR count). The standard InChI is InChI=1S/C18H23N3O2/c1-13(2)20-18(22)21-16-10-8-15(9-11-16)19-12-14-6-4-5-7-17(14)23-3/h4-11,13,19H,12H2,1-3H3,(H2,20,21,22). The van der Waals surface area contributed by atoms with Gasteiger partial charge in [-0.2, -0.15) is 0 Å². The molecule has 0 saturated carbocycles. The van der Waals surface area contributed by atoms with Crippen LogP contribution in [0.1, 0.15) is 19.4 Å². The molecule has 0 saturated heterocycles. The fourth-order valence-corrected chi connectivity index (χ4v) is 2.15. The molecule has 2 aromatic rings. The molecule has 122 valence electrons. The Kier molecular flexibility index (Phi) is 5.86. The molecule has 0 aliphatic rings. The van der Waals surface area contributed by atoms with Crippen molar-refractivity contribution in [2.75, 3.05) is 17.7 Å². The number of ether oxygens (including phenoxy) is 1. The summed E-state index contributed by atoms with van der Waals surface area (Å²) in [6.45, 7) is 4.51. The molecule has 0 aliphatic heterocycles. The van der Waals surface area contributed by atoms with Crippen LogP contribution in [0.4, 0.5) is 16.2 Å². The van der Waals surface area contributed by atoms with Crippen LogP contribution in [0, 0.1) is 0 Å². The number of carbonyl (C=O) groups excluding carboxylic acids is 1. The number of hydrogen-bond donors (Lipinski definition) is 3. The SMILES string of the molecule is COc1ccccc1CNc1ccc(NC(=O)NC(C)C)cc1. The van der Waals surface area contributed by atoms with E-state index in [-0.39, 0.29) is 12.1 Å². The Bertz CT molecular complexity index is 639. The molecule has 0 spiro atoms. The predicted molar refractivity (Wildman–Crippen MR) is 94.1 cm³/mol. The first-order chi connectivity index (χ1) is 11.1. The molecule has 0 aromatic heterocycles. The Hall–Kier alpha value is -2.69. The van der Waals surface area contributed by atoms with Crippen molar-refractivity contribution in [2.24, 2.45) is 0 Å². The number of urea groups is 1. The summed E-state index contributed by atoms with van der Waals surface area (Å²) in [7, 11) is 1.67. The van der Waals surface area contributed by atoms with Crippen LogP contribution in [0.2, 0.25) is 0 Å². The summed E-state index contributed by atoms with van der Waals surface area (Å²) in [5, 5.41) is 8.92. The molecule has 0 atom stereocenters. The molecular formula is C18H23N3O2. The molecule has 0 unspecified atom stereocenters. The predicted octanol–water partition coefficient (Wildman–Crippen LogP) is 3.84. The van der Waals surface area contributed by atoms with E-state index in [2.05, 4.69) is 16.0 Å². The van der Waals surface area contributed by atoms with Crippen LogP contribution < -0.4 is 20.7 Å². The molecule has 2 aromatic carbocycles. The maximum atomic E-state index is 11.6. The molecule has 0 bridgehead atoms. The van der Waals surface area contributed by atoms with Crippen molar-refractivity contribution in [1.29, 1.82) is 0 Å². The molecule has 0 heterocycles. The monoisotopic (exact) mass is 313 g/mol. The normalized spacial score (nSPS) is 10.3. The second-order valence-corrected chi connectivity index (χ2v) is 5.50. The van der Waals surface area contributed by atoms with Crippen LogP contribution in [-0.4, -0.2) is 19.2 Å². The van der Waals surface area contributed by atoms with Crippen LogP contribution >= 0.6 is 0 Å². The summed E-state index contributed by atoms with van der Waals surface area (Å²) < 4.78 is 5.33. The Morgan fingerprint density at radius 3 is 2.35 bits per heavy atom. The van der Waals surface area contributed by atoms with Gasteiger partial charge < -0.3 is 20.7 Å². The third-order valence-corrected chi connectivity index (χ3v) is 3.24. The third-order valence-electron chi connectivity index (χ3n) is 3.24. The highest BCUT2D eigenvalue weighted by molar-refractivity contribution is 5.89. The number of amides is 2. The molecule has 2 amide bonds. The molecule has 0 radical (unpaired) electrons. The minimum atomic E-state index is -0.199. The summed E-state index contributed by atoms with van der Waals surface area (Å²) >= 11 is 0. The van der Waals surface area contributed by atoms with Crippen molar-refractivity contribution in [1.82, 2.24) is 5.32 Å². The van der Waals surface area contributed by atoms with Gasteiger partial charge in [-0.15, -0.1) is 0 Å². The molecule has 3 N–H and O–H groups in total. The van der Waals surface area contributed by atoms with Gasteiger partial charge in [0.05, 0.1) is 7.11 Å². The number of anilines is 2. The van der Waals surface area contributed by atoms with E-state index < -0.39 is 0 Å². The van der Waals surface area contributed by atoms with Gasteiger partial charge in [0, 0.05) is 29.5 Å². The third kappa shape index (κ3) is 5.21. The van der Waals surface area contributed by atoms with Crippen LogP contribution in [0.5, 0.6) is 5.75 Å². The number of carbonyl (C=O) groups is 1. The van der Waals surface area contributed by atoms with E-state index in [1.54, 1.807) is 7.11 Å². The number of para-hydroxylation sites is 1. The lowest BCUT2D eigenvalue weighted by atomic mass is 10.2. The zero-order chi connectivity index (χ0) is 16.7. The molecule has 0 aliphatic carbocycles. The van der Waals surface area contributed by atoms with Gasteiger partial charge in [0.15, 0.2) is 0 Å². The zero-order valence-corrected chi connectivity index (χ0v) is 13.7. The number of nitrogens with one attached hydrogen (secondary N) is 3. The van der Waals surface area contributed by atoms with Gasteiger partial charge in [-0.25, -0.2) is 4.79 Å². The first-order valence-corrected chi connectivity index (χ1v) is 7.62. The van der Waals surface area contributed by atoms with Gasteiger partial charge in [-0.3, -0.25) is 0 Å². The molecule has 5 nitrogen and oxygen atoms in total. The lowest BCUT2D eigenvalue weighted by Crippen LogP contribution is -2.34. The fourth-order valence-electron chi connectivity index (χ4n) is 2.15. The van der Waals surface area contributed by atoms with Crippen molar-refractivity contribution >= 4 is 17.4 Å². The van der Waals surface area contributed by atoms with Gasteiger partial charge in [-0.1, -0.05) is 18.2 Å². The van der Waals surface area contributed by atoms with Gasteiger partial charge in [-0.05, 0) is 44.2 Å². The maximum Gasteiger partial charge on any atom is 0.319 e. The Balaban J connectivity index is 1.91. The molecule has 0 fully saturated rings. The van der Waals surface area contributed by atoms with Crippen LogP contribution in [-0.2, 0) is 6.54 Å². The molecule has 23 heavy (non-hydrogen) atoms. The van der Waals surface area contributed by atoms with E-state index in [0.29, 0.717) is 6.54 Å². The summed E-state index contributed by atoms with van der Waals surface area (Å²) in [6, 6.07) is 15.4. The molecular weight excluding hydrogens is 290 g/mol. The number of benzene rings is 2. The number of hydrogen-bond acceptors (Lipinski definition) is 3. The van der Waals surface area contributed by atoms with E-state index in [4.69, 9.17) is 4.74 Å². The fraction of sp³-hybridized carbons (Fsp3) is 0.278. The lowest BCUT2D eigenvalue weighted by Gasteiger charge is -2.12. The van der Waals surface area contributed by atoms with Crippen LogP contribution in [0.15, 0.2) is 48.5 Å². The first kappa shape index (κ1) is 16.7. The van der Waals surface area contributed by atoms with Gasteiger partial charge >= 0.3 is 6.03 Å². The van der Waals surface area contributed by atoms with E-state index in [9.17, 15) is 4.79 Å². The van der Waals surface area contributed by atoms with E-state index in [0.717, 1.165) is 22.7 Å². The largest absolute Gasteiger partial charge is 0.496 e. The zero-order valence-electron chi connectivity index (χ0n) is 13.7. The van der Waals surface area contributed by atoms with Gasteiger partial charge in [0.1, 0.15) is 5.75 Å². The second-order valence-electron chi connectivity index (χ2n) is 5.50. The minimum Gasteiger partial charge on any atom is -0.496 e. The summed E-state index contributed by atoms with van der Waals surface area (Å²) in [6.07, 6.45) is 0. The highest BCUT2D eigenvalue weighted by atomic mass is 16.5. The van der Waals surface area contributed by atoms with Crippen molar-refractivity contribution in [3.05, 3.63) is 54.1 Å². The number of methoxy groups -OCH3 is 1. The quantitative estimate of drug-likeness (QED) is 0.759.